The summed E-state index contributed by atoms with van der Waals surface area (Å²) in [4.78, 5) is 11.8. The topological polar surface area (TPSA) is 50.4 Å². The molecule has 1 fully saturated rings. The summed E-state index contributed by atoms with van der Waals surface area (Å²) in [5.74, 6) is 1.34. The van der Waals surface area contributed by atoms with Crippen LogP contribution in [-0.2, 0) is 4.79 Å². The Labute approximate surface area is 120 Å². The third-order valence-electron chi connectivity index (χ3n) is 3.12. The molecule has 0 saturated carbocycles. The van der Waals surface area contributed by atoms with Crippen molar-refractivity contribution in [2.24, 2.45) is 11.8 Å². The number of halogens is 1. The van der Waals surface area contributed by atoms with E-state index in [1.165, 1.54) is 0 Å². The zero-order valence-corrected chi connectivity index (χ0v) is 11.9. The first-order valence-corrected chi connectivity index (χ1v) is 6.42. The molecule has 0 spiro atoms. The van der Waals surface area contributed by atoms with E-state index in [-0.39, 0.29) is 24.2 Å². The highest BCUT2D eigenvalue weighted by molar-refractivity contribution is 5.85. The van der Waals surface area contributed by atoms with E-state index in [1.54, 1.807) is 0 Å². The van der Waals surface area contributed by atoms with E-state index in [0.29, 0.717) is 12.5 Å². The van der Waals surface area contributed by atoms with Crippen LogP contribution in [-0.4, -0.2) is 32.1 Å². The number of benzene rings is 1. The van der Waals surface area contributed by atoms with E-state index >= 15 is 0 Å². The van der Waals surface area contributed by atoms with Gasteiger partial charge in [0, 0.05) is 25.6 Å². The maximum Gasteiger partial charge on any atom is 0.226 e. The SMILES string of the molecule is CC(COc1ccccc1)C(=O)NCC1CNC1.Cl. The Hall–Kier alpha value is -1.26. The molecule has 19 heavy (non-hydrogen) atoms. The molecule has 1 heterocycles. The zero-order valence-electron chi connectivity index (χ0n) is 11.1. The molecule has 1 aliphatic rings. The smallest absolute Gasteiger partial charge is 0.226 e. The molecule has 2 N–H and O–H groups in total. The predicted molar refractivity (Wildman–Crippen MR) is 77.7 cm³/mol. The zero-order chi connectivity index (χ0) is 12.8. The molecule has 2 rings (SSSR count). The van der Waals surface area contributed by atoms with E-state index < -0.39 is 0 Å². The molecule has 1 aliphatic heterocycles. The number of nitrogens with one attached hydrogen (secondary N) is 2. The Morgan fingerprint density at radius 2 is 2.11 bits per heavy atom. The highest BCUT2D eigenvalue weighted by Gasteiger charge is 2.19. The summed E-state index contributed by atoms with van der Waals surface area (Å²) in [6.45, 7) is 5.09. The Kier molecular flexibility index (Phi) is 6.67. The van der Waals surface area contributed by atoms with Gasteiger partial charge in [-0.2, -0.15) is 0 Å². The number of carbonyl (C=O) groups excluding carboxylic acids is 1. The molecule has 0 aromatic heterocycles. The Morgan fingerprint density at radius 3 is 2.68 bits per heavy atom. The molecular formula is C14H21ClN2O2. The minimum absolute atomic E-state index is 0. The van der Waals surface area contributed by atoms with Gasteiger partial charge in [0.2, 0.25) is 5.91 Å². The van der Waals surface area contributed by atoms with Crippen LogP contribution in [0.4, 0.5) is 0 Å². The van der Waals surface area contributed by atoms with Crippen molar-refractivity contribution in [2.45, 2.75) is 6.92 Å². The summed E-state index contributed by atoms with van der Waals surface area (Å²) in [5, 5.41) is 6.15. The second-order valence-corrected chi connectivity index (χ2v) is 4.79. The van der Waals surface area contributed by atoms with Crippen LogP contribution >= 0.6 is 12.4 Å². The summed E-state index contributed by atoms with van der Waals surface area (Å²) >= 11 is 0. The average Bonchev–Trinajstić information content (AvgIpc) is 2.35. The summed E-state index contributed by atoms with van der Waals surface area (Å²) in [6.07, 6.45) is 0. The van der Waals surface area contributed by atoms with E-state index in [1.807, 2.05) is 37.3 Å². The van der Waals surface area contributed by atoms with Crippen LogP contribution in [0.5, 0.6) is 5.75 Å². The fraction of sp³-hybridized carbons (Fsp3) is 0.500. The van der Waals surface area contributed by atoms with Crippen LogP contribution in [0.2, 0.25) is 0 Å². The summed E-state index contributed by atoms with van der Waals surface area (Å²) in [5.41, 5.74) is 0. The fourth-order valence-electron chi connectivity index (χ4n) is 1.73. The molecular weight excluding hydrogens is 264 g/mol. The highest BCUT2D eigenvalue weighted by Crippen LogP contribution is 2.10. The summed E-state index contributed by atoms with van der Waals surface area (Å²) in [7, 11) is 0. The lowest BCUT2D eigenvalue weighted by molar-refractivity contribution is -0.125. The highest BCUT2D eigenvalue weighted by atomic mass is 35.5. The second kappa shape index (κ2) is 8.02. The quantitative estimate of drug-likeness (QED) is 0.831. The third-order valence-corrected chi connectivity index (χ3v) is 3.12. The molecule has 0 bridgehead atoms. The fourth-order valence-corrected chi connectivity index (χ4v) is 1.73. The van der Waals surface area contributed by atoms with Crippen molar-refractivity contribution in [3.63, 3.8) is 0 Å². The normalized spacial score (nSPS) is 15.8. The first kappa shape index (κ1) is 15.8. The summed E-state index contributed by atoms with van der Waals surface area (Å²) in [6, 6.07) is 9.57. The third kappa shape index (κ3) is 5.09. The minimum Gasteiger partial charge on any atom is -0.493 e. The monoisotopic (exact) mass is 284 g/mol. The number of para-hydroxylation sites is 1. The maximum atomic E-state index is 11.8. The number of hydrogen-bond acceptors (Lipinski definition) is 3. The Balaban J connectivity index is 0.00000180. The van der Waals surface area contributed by atoms with Crippen LogP contribution in [0, 0.1) is 11.8 Å². The average molecular weight is 285 g/mol. The van der Waals surface area contributed by atoms with Gasteiger partial charge >= 0.3 is 0 Å². The van der Waals surface area contributed by atoms with E-state index in [0.717, 1.165) is 25.4 Å². The van der Waals surface area contributed by atoms with Crippen molar-refractivity contribution in [3.8, 4) is 5.75 Å². The van der Waals surface area contributed by atoms with E-state index in [9.17, 15) is 4.79 Å². The van der Waals surface area contributed by atoms with Crippen LogP contribution in [0.3, 0.4) is 0 Å². The van der Waals surface area contributed by atoms with Gasteiger partial charge in [-0.1, -0.05) is 25.1 Å². The van der Waals surface area contributed by atoms with Gasteiger partial charge in [0.1, 0.15) is 5.75 Å². The van der Waals surface area contributed by atoms with Gasteiger partial charge in [-0.25, -0.2) is 0 Å². The molecule has 1 unspecified atom stereocenters. The number of amides is 1. The molecule has 1 saturated heterocycles. The standard InChI is InChI=1S/C14H20N2O2.ClH/c1-11(10-18-13-5-3-2-4-6-13)14(17)16-9-12-7-15-8-12;/h2-6,11-12,15H,7-10H2,1H3,(H,16,17);1H. The Morgan fingerprint density at radius 1 is 1.42 bits per heavy atom. The molecule has 4 nitrogen and oxygen atoms in total. The van der Waals surface area contributed by atoms with Crippen LogP contribution in [0.15, 0.2) is 30.3 Å². The van der Waals surface area contributed by atoms with Gasteiger partial charge in [-0.05, 0) is 12.1 Å². The largest absolute Gasteiger partial charge is 0.493 e. The first-order chi connectivity index (χ1) is 8.75. The molecule has 0 aliphatic carbocycles. The van der Waals surface area contributed by atoms with Crippen LogP contribution in [0.25, 0.3) is 0 Å². The first-order valence-electron chi connectivity index (χ1n) is 6.42. The molecule has 1 amide bonds. The number of rotatable bonds is 6. The van der Waals surface area contributed by atoms with Gasteiger partial charge in [-0.3, -0.25) is 4.79 Å². The van der Waals surface area contributed by atoms with E-state index in [4.69, 9.17) is 4.74 Å². The van der Waals surface area contributed by atoms with Crippen molar-refractivity contribution in [1.82, 2.24) is 10.6 Å². The van der Waals surface area contributed by atoms with Crippen molar-refractivity contribution in [3.05, 3.63) is 30.3 Å². The lowest BCUT2D eigenvalue weighted by Gasteiger charge is -2.27. The lowest BCUT2D eigenvalue weighted by Crippen LogP contribution is -2.49. The van der Waals surface area contributed by atoms with Crippen LogP contribution in [0.1, 0.15) is 6.92 Å². The van der Waals surface area contributed by atoms with E-state index in [2.05, 4.69) is 10.6 Å². The lowest BCUT2D eigenvalue weighted by atomic mass is 10.0. The van der Waals surface area contributed by atoms with Crippen molar-refractivity contribution in [2.75, 3.05) is 26.2 Å². The van der Waals surface area contributed by atoms with Gasteiger partial charge < -0.3 is 15.4 Å². The number of carbonyl (C=O) groups is 1. The predicted octanol–water partition coefficient (Wildman–Crippen LogP) is 1.46. The van der Waals surface area contributed by atoms with Crippen molar-refractivity contribution >= 4 is 18.3 Å². The molecule has 0 radical (unpaired) electrons. The second-order valence-electron chi connectivity index (χ2n) is 4.79. The van der Waals surface area contributed by atoms with Gasteiger partial charge in [0.15, 0.2) is 0 Å². The van der Waals surface area contributed by atoms with Crippen molar-refractivity contribution < 1.29 is 9.53 Å². The van der Waals surface area contributed by atoms with Gasteiger partial charge in [0.25, 0.3) is 0 Å². The Bertz CT molecular complexity index is 382. The number of ether oxygens (including phenoxy) is 1. The minimum atomic E-state index is -0.127. The van der Waals surface area contributed by atoms with Crippen LogP contribution < -0.4 is 15.4 Å². The molecule has 5 heteroatoms. The van der Waals surface area contributed by atoms with Crippen molar-refractivity contribution in [1.29, 1.82) is 0 Å². The number of hydrogen-bond donors (Lipinski definition) is 2. The summed E-state index contributed by atoms with van der Waals surface area (Å²) < 4.78 is 5.56. The molecule has 106 valence electrons. The molecule has 1 atom stereocenters. The van der Waals surface area contributed by atoms with Gasteiger partial charge in [-0.15, -0.1) is 12.4 Å². The van der Waals surface area contributed by atoms with Gasteiger partial charge in [0.05, 0.1) is 12.5 Å². The molecule has 1 aromatic carbocycles. The molecule has 1 aromatic rings. The maximum absolute atomic E-state index is 11.8.